The average molecular weight is 198 g/mol. The van der Waals surface area contributed by atoms with Crippen molar-refractivity contribution in [1.82, 2.24) is 9.80 Å². The van der Waals surface area contributed by atoms with Crippen LogP contribution >= 0.6 is 0 Å². The van der Waals surface area contributed by atoms with Gasteiger partial charge in [0.1, 0.15) is 0 Å². The Morgan fingerprint density at radius 1 is 1.64 bits per heavy atom. The van der Waals surface area contributed by atoms with Gasteiger partial charge in [0.05, 0.1) is 5.84 Å². The third-order valence-electron chi connectivity index (χ3n) is 3.06. The molecule has 82 valence electrons. The van der Waals surface area contributed by atoms with Gasteiger partial charge < -0.3 is 10.6 Å². The van der Waals surface area contributed by atoms with E-state index in [1.165, 1.54) is 6.42 Å². The lowest BCUT2D eigenvalue weighted by molar-refractivity contribution is 0.229. The molecule has 1 fully saturated rings. The van der Waals surface area contributed by atoms with Gasteiger partial charge in [-0.1, -0.05) is 0 Å². The molecule has 4 heteroatoms. The number of rotatable bonds is 4. The van der Waals surface area contributed by atoms with Gasteiger partial charge >= 0.3 is 0 Å². The summed E-state index contributed by atoms with van der Waals surface area (Å²) in [6, 6.07) is 1.09. The number of hydrogen-bond donors (Lipinski definition) is 2. The zero-order valence-corrected chi connectivity index (χ0v) is 9.45. The Hall–Kier alpha value is -0.610. The number of likely N-dealkylation sites (tertiary alicyclic amines) is 1. The summed E-state index contributed by atoms with van der Waals surface area (Å²) in [6.07, 6.45) is 1.93. The summed E-state index contributed by atoms with van der Waals surface area (Å²) in [5.41, 5.74) is 5.40. The van der Waals surface area contributed by atoms with E-state index in [1.807, 2.05) is 0 Å². The smallest absolute Gasteiger partial charge is 0.0920 e. The first-order chi connectivity index (χ1) is 6.50. The summed E-state index contributed by atoms with van der Waals surface area (Å²) in [6.45, 7) is 4.40. The maximum atomic E-state index is 7.26. The van der Waals surface area contributed by atoms with Crippen LogP contribution < -0.4 is 5.73 Å². The zero-order chi connectivity index (χ0) is 10.7. The quantitative estimate of drug-likeness (QED) is 0.506. The summed E-state index contributed by atoms with van der Waals surface area (Å²) < 4.78 is 0. The molecule has 1 aliphatic heterocycles. The molecule has 0 bridgehead atoms. The molecule has 1 saturated heterocycles. The Kier molecular flexibility index (Phi) is 3.89. The van der Waals surface area contributed by atoms with Gasteiger partial charge in [-0.2, -0.15) is 0 Å². The summed E-state index contributed by atoms with van der Waals surface area (Å²) in [4.78, 5) is 4.70. The van der Waals surface area contributed by atoms with Crippen LogP contribution in [0.1, 0.15) is 19.8 Å². The van der Waals surface area contributed by atoms with Gasteiger partial charge in [0.2, 0.25) is 0 Å². The molecule has 0 aromatic carbocycles. The molecule has 0 amide bonds. The average Bonchev–Trinajstić information content (AvgIpc) is 2.50. The molecule has 0 radical (unpaired) electrons. The van der Waals surface area contributed by atoms with Crippen molar-refractivity contribution in [3.8, 4) is 0 Å². The molecule has 4 nitrogen and oxygen atoms in total. The largest absolute Gasteiger partial charge is 0.388 e. The number of nitrogens with two attached hydrogens (primary N) is 1. The molecule has 2 unspecified atom stereocenters. The van der Waals surface area contributed by atoms with Crippen LogP contribution in [0.2, 0.25) is 0 Å². The summed E-state index contributed by atoms with van der Waals surface area (Å²) in [7, 11) is 4.26. The standard InChI is InChI=1S/C10H22N4/c1-8(6-10(11)12)14-5-4-9(7-14)13(2)3/h8-9H,4-7H2,1-3H3,(H3,11,12). The third kappa shape index (κ3) is 2.96. The highest BCUT2D eigenvalue weighted by atomic mass is 15.2. The minimum Gasteiger partial charge on any atom is -0.388 e. The predicted molar refractivity (Wildman–Crippen MR) is 59.7 cm³/mol. The molecule has 1 aliphatic rings. The molecule has 0 saturated carbocycles. The van der Waals surface area contributed by atoms with Crippen LogP contribution in [0, 0.1) is 5.41 Å². The van der Waals surface area contributed by atoms with Gasteiger partial charge in [0.25, 0.3) is 0 Å². The second kappa shape index (κ2) is 4.75. The van der Waals surface area contributed by atoms with Crippen LogP contribution in [0.4, 0.5) is 0 Å². The molecule has 1 rings (SSSR count). The monoisotopic (exact) mass is 198 g/mol. The van der Waals surface area contributed by atoms with Crippen molar-refractivity contribution < 1.29 is 0 Å². The second-order valence-corrected chi connectivity index (χ2v) is 4.48. The summed E-state index contributed by atoms with van der Waals surface area (Å²) in [5, 5.41) is 7.26. The molecule has 0 aliphatic carbocycles. The van der Waals surface area contributed by atoms with Gasteiger partial charge in [0, 0.05) is 31.6 Å². The normalized spacial score (nSPS) is 25.6. The van der Waals surface area contributed by atoms with Gasteiger partial charge in [-0.15, -0.1) is 0 Å². The fraction of sp³-hybridized carbons (Fsp3) is 0.900. The number of nitrogens with zero attached hydrogens (tertiary/aromatic N) is 2. The second-order valence-electron chi connectivity index (χ2n) is 4.48. The first-order valence-corrected chi connectivity index (χ1v) is 5.24. The Bertz CT molecular complexity index is 202. The fourth-order valence-corrected chi connectivity index (χ4v) is 2.04. The lowest BCUT2D eigenvalue weighted by Gasteiger charge is -2.25. The summed E-state index contributed by atoms with van der Waals surface area (Å²) >= 11 is 0. The molecule has 3 N–H and O–H groups in total. The minimum absolute atomic E-state index is 0.297. The first-order valence-electron chi connectivity index (χ1n) is 5.24. The molecule has 14 heavy (non-hydrogen) atoms. The lowest BCUT2D eigenvalue weighted by atomic mass is 10.2. The van der Waals surface area contributed by atoms with Gasteiger partial charge in [-0.3, -0.25) is 10.3 Å². The van der Waals surface area contributed by atoms with Crippen molar-refractivity contribution in [1.29, 1.82) is 5.41 Å². The Labute approximate surface area is 86.6 Å². The topological polar surface area (TPSA) is 56.4 Å². The van der Waals surface area contributed by atoms with E-state index in [-0.39, 0.29) is 0 Å². The highest BCUT2D eigenvalue weighted by Crippen LogP contribution is 2.17. The van der Waals surface area contributed by atoms with Crippen molar-refractivity contribution in [2.45, 2.75) is 31.8 Å². The van der Waals surface area contributed by atoms with Gasteiger partial charge in [0.15, 0.2) is 0 Å². The van der Waals surface area contributed by atoms with Crippen LogP contribution in [0.5, 0.6) is 0 Å². The molecule has 1 heterocycles. The van der Waals surface area contributed by atoms with E-state index in [0.29, 0.717) is 24.3 Å². The molecular weight excluding hydrogens is 176 g/mol. The van der Waals surface area contributed by atoms with E-state index < -0.39 is 0 Å². The lowest BCUT2D eigenvalue weighted by Crippen LogP contribution is -2.37. The third-order valence-corrected chi connectivity index (χ3v) is 3.06. The van der Waals surface area contributed by atoms with Crippen molar-refractivity contribution in [3.05, 3.63) is 0 Å². The van der Waals surface area contributed by atoms with Gasteiger partial charge in [-0.05, 0) is 27.4 Å². The highest BCUT2D eigenvalue weighted by Gasteiger charge is 2.27. The van der Waals surface area contributed by atoms with Crippen molar-refractivity contribution >= 4 is 5.84 Å². The maximum absolute atomic E-state index is 7.26. The predicted octanol–water partition coefficient (Wildman–Crippen LogP) is 0.337. The van der Waals surface area contributed by atoms with Crippen molar-refractivity contribution in [2.24, 2.45) is 5.73 Å². The van der Waals surface area contributed by atoms with Crippen LogP contribution in [-0.2, 0) is 0 Å². The summed E-state index contributed by atoms with van der Waals surface area (Å²) in [5.74, 6) is 0.297. The van der Waals surface area contributed by atoms with E-state index in [4.69, 9.17) is 11.1 Å². The fourth-order valence-electron chi connectivity index (χ4n) is 2.04. The van der Waals surface area contributed by atoms with Crippen LogP contribution in [-0.4, -0.2) is 54.9 Å². The van der Waals surface area contributed by atoms with E-state index in [2.05, 4.69) is 30.8 Å². The molecule has 0 aromatic rings. The van der Waals surface area contributed by atoms with Crippen molar-refractivity contribution in [3.63, 3.8) is 0 Å². The van der Waals surface area contributed by atoms with Crippen LogP contribution in [0.3, 0.4) is 0 Å². The Morgan fingerprint density at radius 2 is 2.29 bits per heavy atom. The minimum atomic E-state index is 0.297. The SMILES string of the molecule is CC(CC(=N)N)N1CCC(N(C)C)C1. The van der Waals surface area contributed by atoms with Crippen LogP contribution in [0.25, 0.3) is 0 Å². The number of amidine groups is 1. The highest BCUT2D eigenvalue weighted by molar-refractivity contribution is 5.77. The first kappa shape index (κ1) is 11.5. The maximum Gasteiger partial charge on any atom is 0.0920 e. The Balaban J connectivity index is 2.37. The molecule has 2 atom stereocenters. The Morgan fingerprint density at radius 3 is 2.71 bits per heavy atom. The van der Waals surface area contributed by atoms with Crippen LogP contribution in [0.15, 0.2) is 0 Å². The number of nitrogens with one attached hydrogen (secondary N) is 1. The van der Waals surface area contributed by atoms with Gasteiger partial charge in [-0.25, -0.2) is 0 Å². The molecule has 0 aromatic heterocycles. The van der Waals surface area contributed by atoms with E-state index in [0.717, 1.165) is 13.1 Å². The number of hydrogen-bond acceptors (Lipinski definition) is 3. The van der Waals surface area contributed by atoms with E-state index in [1.54, 1.807) is 0 Å². The molecular formula is C10H22N4. The zero-order valence-electron chi connectivity index (χ0n) is 9.45. The molecule has 0 spiro atoms. The number of likely N-dealkylation sites (N-methyl/N-ethyl adjacent to an activating group) is 1. The van der Waals surface area contributed by atoms with E-state index >= 15 is 0 Å². The van der Waals surface area contributed by atoms with E-state index in [9.17, 15) is 0 Å². The van der Waals surface area contributed by atoms with Crippen molar-refractivity contribution in [2.75, 3.05) is 27.2 Å².